The zero-order valence-corrected chi connectivity index (χ0v) is 8.11. The summed E-state index contributed by atoms with van der Waals surface area (Å²) in [6, 6.07) is -0.185. The summed E-state index contributed by atoms with van der Waals surface area (Å²) in [7, 11) is 0. The molecule has 0 aromatic carbocycles. The molecule has 0 saturated heterocycles. The Morgan fingerprint density at radius 3 is 2.79 bits per heavy atom. The maximum absolute atomic E-state index is 5.44. The van der Waals surface area contributed by atoms with Crippen LogP contribution in [0.1, 0.15) is 17.4 Å². The Hall–Kier alpha value is -1.37. The Labute approximate surface area is 85.0 Å². The quantitative estimate of drug-likeness (QED) is 0.565. The number of hydrogen-bond acceptors (Lipinski definition) is 6. The van der Waals surface area contributed by atoms with Crippen molar-refractivity contribution in [3.63, 3.8) is 0 Å². The fourth-order valence-corrected chi connectivity index (χ4v) is 1.73. The number of nitrogens with one attached hydrogen (secondary N) is 1. The molecule has 0 aliphatic heterocycles. The standard InChI is InChI=1S/C8H9N5S/c9-13-8(7-4-14-5-12-7)6-3-10-1-2-11-6/h1-5,8,13H,9H2. The van der Waals surface area contributed by atoms with Gasteiger partial charge in [-0.25, -0.2) is 10.4 Å². The van der Waals surface area contributed by atoms with Gasteiger partial charge in [-0.3, -0.25) is 15.8 Å². The van der Waals surface area contributed by atoms with Crippen LogP contribution in [0.5, 0.6) is 0 Å². The summed E-state index contributed by atoms with van der Waals surface area (Å²) in [5.74, 6) is 5.44. The minimum absolute atomic E-state index is 0.185. The minimum atomic E-state index is -0.185. The largest absolute Gasteiger partial charge is 0.270 e. The molecule has 2 aromatic heterocycles. The van der Waals surface area contributed by atoms with Crippen LogP contribution in [0.15, 0.2) is 29.5 Å². The van der Waals surface area contributed by atoms with Crippen LogP contribution < -0.4 is 11.3 Å². The lowest BCUT2D eigenvalue weighted by molar-refractivity contribution is 0.605. The van der Waals surface area contributed by atoms with Gasteiger partial charge in [-0.15, -0.1) is 11.3 Å². The normalized spacial score (nSPS) is 12.6. The maximum Gasteiger partial charge on any atom is 0.108 e. The third kappa shape index (κ3) is 1.77. The van der Waals surface area contributed by atoms with Gasteiger partial charge in [0.2, 0.25) is 0 Å². The van der Waals surface area contributed by atoms with Gasteiger partial charge in [-0.2, -0.15) is 0 Å². The Morgan fingerprint density at radius 1 is 1.29 bits per heavy atom. The Morgan fingerprint density at radius 2 is 2.21 bits per heavy atom. The number of rotatable bonds is 3. The van der Waals surface area contributed by atoms with Gasteiger partial charge in [-0.1, -0.05) is 0 Å². The number of hydrogen-bond donors (Lipinski definition) is 2. The molecule has 0 saturated carbocycles. The van der Waals surface area contributed by atoms with E-state index in [-0.39, 0.29) is 6.04 Å². The molecule has 1 atom stereocenters. The van der Waals surface area contributed by atoms with Crippen LogP contribution in [0.2, 0.25) is 0 Å². The van der Waals surface area contributed by atoms with E-state index in [1.54, 1.807) is 24.1 Å². The van der Waals surface area contributed by atoms with Gasteiger partial charge in [0.1, 0.15) is 6.04 Å². The van der Waals surface area contributed by atoms with Crippen LogP contribution in [0.4, 0.5) is 0 Å². The van der Waals surface area contributed by atoms with Crippen LogP contribution in [-0.4, -0.2) is 15.0 Å². The van der Waals surface area contributed by atoms with E-state index >= 15 is 0 Å². The van der Waals surface area contributed by atoms with Crippen molar-refractivity contribution in [2.75, 3.05) is 0 Å². The summed E-state index contributed by atoms with van der Waals surface area (Å²) >= 11 is 1.52. The number of thiazole rings is 1. The number of aromatic nitrogens is 3. The molecule has 2 rings (SSSR count). The zero-order chi connectivity index (χ0) is 9.80. The predicted octanol–water partition coefficient (Wildman–Crippen LogP) is 0.486. The van der Waals surface area contributed by atoms with Crippen molar-refractivity contribution < 1.29 is 0 Å². The van der Waals surface area contributed by atoms with Crippen LogP contribution in [-0.2, 0) is 0 Å². The van der Waals surface area contributed by atoms with Gasteiger partial charge < -0.3 is 0 Å². The van der Waals surface area contributed by atoms with E-state index in [1.807, 2.05) is 5.38 Å². The molecule has 0 spiro atoms. The van der Waals surface area contributed by atoms with Gasteiger partial charge in [0.15, 0.2) is 0 Å². The van der Waals surface area contributed by atoms with E-state index in [9.17, 15) is 0 Å². The van der Waals surface area contributed by atoms with E-state index in [1.165, 1.54) is 11.3 Å². The molecule has 2 aromatic rings. The molecule has 1 unspecified atom stereocenters. The highest BCUT2D eigenvalue weighted by atomic mass is 32.1. The van der Waals surface area contributed by atoms with Gasteiger partial charge >= 0.3 is 0 Å². The second kappa shape index (κ2) is 4.23. The summed E-state index contributed by atoms with van der Waals surface area (Å²) < 4.78 is 0. The van der Waals surface area contributed by atoms with E-state index in [0.29, 0.717) is 0 Å². The molecule has 3 N–H and O–H groups in total. The molecule has 0 amide bonds. The highest BCUT2D eigenvalue weighted by Crippen LogP contribution is 2.17. The van der Waals surface area contributed by atoms with Gasteiger partial charge in [0.05, 0.1) is 23.1 Å². The van der Waals surface area contributed by atoms with Crippen LogP contribution in [0, 0.1) is 0 Å². The average Bonchev–Trinajstić information content (AvgIpc) is 2.74. The van der Waals surface area contributed by atoms with Crippen molar-refractivity contribution in [3.05, 3.63) is 40.9 Å². The Balaban J connectivity index is 2.31. The van der Waals surface area contributed by atoms with Crippen LogP contribution in [0.3, 0.4) is 0 Å². The first-order chi connectivity index (χ1) is 6.92. The molecule has 0 aliphatic carbocycles. The lowest BCUT2D eigenvalue weighted by Gasteiger charge is -2.11. The molecule has 14 heavy (non-hydrogen) atoms. The highest BCUT2D eigenvalue weighted by molar-refractivity contribution is 7.07. The lowest BCUT2D eigenvalue weighted by Crippen LogP contribution is -2.29. The SMILES string of the molecule is NNC(c1cnccn1)c1cscn1. The topological polar surface area (TPSA) is 76.7 Å². The van der Waals surface area contributed by atoms with Gasteiger partial charge in [0, 0.05) is 17.8 Å². The van der Waals surface area contributed by atoms with Crippen molar-refractivity contribution >= 4 is 11.3 Å². The summed E-state index contributed by atoms with van der Waals surface area (Å²) in [5.41, 5.74) is 6.05. The van der Waals surface area contributed by atoms with Crippen molar-refractivity contribution in [2.45, 2.75) is 6.04 Å². The summed E-state index contributed by atoms with van der Waals surface area (Å²) in [4.78, 5) is 12.3. The van der Waals surface area contributed by atoms with Crippen molar-refractivity contribution in [1.82, 2.24) is 20.4 Å². The van der Waals surface area contributed by atoms with Gasteiger partial charge in [-0.05, 0) is 0 Å². The van der Waals surface area contributed by atoms with Crippen molar-refractivity contribution in [2.24, 2.45) is 5.84 Å². The van der Waals surface area contributed by atoms with Crippen molar-refractivity contribution in [3.8, 4) is 0 Å². The highest BCUT2D eigenvalue weighted by Gasteiger charge is 2.15. The Kier molecular flexibility index (Phi) is 2.78. The summed E-state index contributed by atoms with van der Waals surface area (Å²) in [6.45, 7) is 0. The third-order valence-electron chi connectivity index (χ3n) is 1.79. The van der Waals surface area contributed by atoms with E-state index in [4.69, 9.17) is 5.84 Å². The molecule has 6 heteroatoms. The van der Waals surface area contributed by atoms with Crippen LogP contribution >= 0.6 is 11.3 Å². The second-order valence-corrected chi connectivity index (χ2v) is 3.36. The van der Waals surface area contributed by atoms with Crippen molar-refractivity contribution in [1.29, 1.82) is 0 Å². The zero-order valence-electron chi connectivity index (χ0n) is 7.29. The number of nitrogens with zero attached hydrogens (tertiary/aromatic N) is 3. The van der Waals surface area contributed by atoms with E-state index < -0.39 is 0 Å². The van der Waals surface area contributed by atoms with E-state index in [2.05, 4.69) is 20.4 Å². The third-order valence-corrected chi connectivity index (χ3v) is 2.40. The minimum Gasteiger partial charge on any atom is -0.270 e. The average molecular weight is 207 g/mol. The molecule has 0 bridgehead atoms. The summed E-state index contributed by atoms with van der Waals surface area (Å²) in [5, 5.41) is 1.93. The fraction of sp³-hybridized carbons (Fsp3) is 0.125. The predicted molar refractivity (Wildman–Crippen MR) is 53.3 cm³/mol. The molecule has 2 heterocycles. The smallest absolute Gasteiger partial charge is 0.108 e. The molecular formula is C8H9N5S. The maximum atomic E-state index is 5.44. The molecular weight excluding hydrogens is 198 g/mol. The van der Waals surface area contributed by atoms with E-state index in [0.717, 1.165) is 11.4 Å². The molecule has 0 radical (unpaired) electrons. The molecule has 0 aliphatic rings. The summed E-state index contributed by atoms with van der Waals surface area (Å²) in [6.07, 6.45) is 4.92. The molecule has 0 fully saturated rings. The monoisotopic (exact) mass is 207 g/mol. The van der Waals surface area contributed by atoms with Gasteiger partial charge in [0.25, 0.3) is 0 Å². The first kappa shape index (κ1) is 9.20. The number of hydrazine groups is 1. The van der Waals surface area contributed by atoms with Crippen LogP contribution in [0.25, 0.3) is 0 Å². The molecule has 72 valence electrons. The second-order valence-electron chi connectivity index (χ2n) is 2.64. The first-order valence-corrected chi connectivity index (χ1v) is 4.96. The number of nitrogens with two attached hydrogens (primary N) is 1. The Bertz CT molecular complexity index is 374. The first-order valence-electron chi connectivity index (χ1n) is 4.02. The fourth-order valence-electron chi connectivity index (χ4n) is 1.15. The molecule has 5 nitrogen and oxygen atoms in total. The lowest BCUT2D eigenvalue weighted by atomic mass is 10.2.